The molecule has 1 amide bonds. The maximum atomic E-state index is 13.4. The fourth-order valence-corrected chi connectivity index (χ4v) is 3.79. The molecule has 0 unspecified atom stereocenters. The zero-order chi connectivity index (χ0) is 21.5. The van der Waals surface area contributed by atoms with Gasteiger partial charge in [0.15, 0.2) is 11.6 Å². The highest BCUT2D eigenvalue weighted by Gasteiger charge is 2.35. The summed E-state index contributed by atoms with van der Waals surface area (Å²) in [6.07, 6.45) is 4.22. The lowest BCUT2D eigenvalue weighted by Crippen LogP contribution is -2.55. The Hall–Kier alpha value is -3.67. The number of nitrogens with one attached hydrogen (secondary N) is 2. The number of benzene rings is 1. The number of anilines is 2. The highest BCUT2D eigenvalue weighted by Crippen LogP contribution is 2.28. The van der Waals surface area contributed by atoms with Gasteiger partial charge in [0.05, 0.1) is 11.5 Å². The minimum atomic E-state index is -0.838. The van der Waals surface area contributed by atoms with E-state index in [1.165, 1.54) is 12.1 Å². The van der Waals surface area contributed by atoms with E-state index < -0.39 is 11.6 Å². The first-order valence-corrected chi connectivity index (χ1v) is 9.65. The molecule has 1 aromatic carbocycles. The first kappa shape index (κ1) is 19.3. The Kier molecular flexibility index (Phi) is 4.70. The van der Waals surface area contributed by atoms with Gasteiger partial charge in [0.25, 0.3) is 5.89 Å². The van der Waals surface area contributed by atoms with E-state index in [1.807, 2.05) is 0 Å². The molecule has 1 aliphatic heterocycles. The second kappa shape index (κ2) is 7.54. The Balaban J connectivity index is 1.20. The number of nitrogens with zero attached hydrogens (tertiary/aromatic N) is 5. The number of amides is 1. The summed E-state index contributed by atoms with van der Waals surface area (Å²) in [6.45, 7) is 0.892. The van der Waals surface area contributed by atoms with Gasteiger partial charge in [-0.2, -0.15) is 0 Å². The van der Waals surface area contributed by atoms with Gasteiger partial charge in [0.1, 0.15) is 0 Å². The van der Waals surface area contributed by atoms with Gasteiger partial charge in [0, 0.05) is 31.5 Å². The number of halogens is 2. The zero-order valence-electron chi connectivity index (χ0n) is 16.2. The van der Waals surface area contributed by atoms with Gasteiger partial charge in [-0.05, 0) is 36.1 Å². The molecule has 160 valence electrons. The molecule has 3 heterocycles. The van der Waals surface area contributed by atoms with Gasteiger partial charge in [-0.25, -0.2) is 24.6 Å². The van der Waals surface area contributed by atoms with Crippen LogP contribution in [0.25, 0.3) is 11.5 Å². The predicted octanol–water partition coefficient (Wildman–Crippen LogP) is 0.810. The van der Waals surface area contributed by atoms with Crippen LogP contribution in [0.5, 0.6) is 0 Å². The smallest absolute Gasteiger partial charge is 0.318 e. The summed E-state index contributed by atoms with van der Waals surface area (Å²) in [5.41, 5.74) is 4.23. The molecule has 12 heteroatoms. The molecule has 0 saturated carbocycles. The maximum Gasteiger partial charge on any atom is 0.318 e. The average Bonchev–Trinajstić information content (AvgIpc) is 3.35. The summed E-state index contributed by atoms with van der Waals surface area (Å²) in [4.78, 5) is 21.8. The van der Waals surface area contributed by atoms with E-state index in [-0.39, 0.29) is 23.8 Å². The summed E-state index contributed by atoms with van der Waals surface area (Å²) in [5, 5.41) is 11.2. The lowest BCUT2D eigenvalue weighted by Gasteiger charge is -2.36. The molecule has 5 rings (SSSR count). The van der Waals surface area contributed by atoms with Crippen LogP contribution >= 0.6 is 0 Å². The fraction of sp³-hybridized carbons (Fsp3) is 0.316. The van der Waals surface area contributed by atoms with Gasteiger partial charge < -0.3 is 14.6 Å². The number of hydrogen-bond donors (Lipinski definition) is 3. The fourth-order valence-electron chi connectivity index (χ4n) is 3.79. The second-order valence-electron chi connectivity index (χ2n) is 7.58. The molecule has 3 aromatic rings. The van der Waals surface area contributed by atoms with Crippen LogP contribution < -0.4 is 21.5 Å². The normalized spacial score (nSPS) is 16.2. The van der Waals surface area contributed by atoms with E-state index in [2.05, 4.69) is 30.9 Å². The molecule has 0 radical (unpaired) electrons. The van der Waals surface area contributed by atoms with Crippen molar-refractivity contribution < 1.29 is 18.0 Å². The van der Waals surface area contributed by atoms with E-state index in [4.69, 9.17) is 10.3 Å². The Labute approximate surface area is 174 Å². The summed E-state index contributed by atoms with van der Waals surface area (Å²) >= 11 is 0. The molecule has 1 saturated heterocycles. The molecule has 0 bridgehead atoms. The lowest BCUT2D eigenvalue weighted by molar-refractivity contribution is -0.125. The monoisotopic (exact) mass is 428 g/mol. The Morgan fingerprint density at radius 2 is 1.74 bits per heavy atom. The number of rotatable bonds is 5. The van der Waals surface area contributed by atoms with Crippen LogP contribution in [0.15, 0.2) is 28.9 Å². The first-order valence-electron chi connectivity index (χ1n) is 9.65. The molecule has 0 atom stereocenters. The predicted molar refractivity (Wildman–Crippen MR) is 105 cm³/mol. The van der Waals surface area contributed by atoms with Crippen molar-refractivity contribution in [1.29, 1.82) is 0 Å². The standard InChI is InChI=1S/C19H18F2N8O2/c20-14-3-9-1-13(2-10(9)4-15(14)21)25-18-23-5-11(6-24-18)17-27-28-19(31-17)29-7-12(8-29)16(30)26-22/h3-6,12-13H,1-2,7-8,22H2,(H,26,30)(H,23,24,25). The van der Waals surface area contributed by atoms with Crippen molar-refractivity contribution in [2.24, 2.45) is 11.8 Å². The van der Waals surface area contributed by atoms with Crippen molar-refractivity contribution in [1.82, 2.24) is 25.6 Å². The number of aromatic nitrogens is 4. The van der Waals surface area contributed by atoms with Crippen molar-refractivity contribution in [2.75, 3.05) is 23.3 Å². The maximum absolute atomic E-state index is 13.4. The molecule has 1 aliphatic carbocycles. The molecular weight excluding hydrogens is 410 g/mol. The Morgan fingerprint density at radius 1 is 1.10 bits per heavy atom. The molecule has 0 spiro atoms. The van der Waals surface area contributed by atoms with E-state index in [0.29, 0.717) is 43.5 Å². The highest BCUT2D eigenvalue weighted by atomic mass is 19.2. The molecule has 4 N–H and O–H groups in total. The van der Waals surface area contributed by atoms with Crippen LogP contribution in [-0.4, -0.2) is 45.2 Å². The van der Waals surface area contributed by atoms with Crippen LogP contribution in [0, 0.1) is 17.6 Å². The van der Waals surface area contributed by atoms with Gasteiger partial charge >= 0.3 is 6.01 Å². The van der Waals surface area contributed by atoms with E-state index >= 15 is 0 Å². The molecular formula is C19H18F2N8O2. The van der Waals surface area contributed by atoms with Crippen LogP contribution in [0.2, 0.25) is 0 Å². The SMILES string of the molecule is NNC(=O)C1CN(c2nnc(-c3cnc(NC4Cc5cc(F)c(F)cc5C4)nc3)o2)C1. The number of carbonyl (C=O) groups excluding carboxylic acids is 1. The van der Waals surface area contributed by atoms with Crippen LogP contribution in [0.1, 0.15) is 11.1 Å². The number of hydrogen-bond acceptors (Lipinski definition) is 9. The quantitative estimate of drug-likeness (QED) is 0.306. The van der Waals surface area contributed by atoms with Crippen LogP contribution in [-0.2, 0) is 17.6 Å². The number of nitrogens with two attached hydrogens (primary N) is 1. The summed E-state index contributed by atoms with van der Waals surface area (Å²) < 4.78 is 32.5. The van der Waals surface area contributed by atoms with E-state index in [0.717, 1.165) is 11.1 Å². The minimum absolute atomic E-state index is 0.0536. The van der Waals surface area contributed by atoms with Crippen molar-refractivity contribution in [3.8, 4) is 11.5 Å². The van der Waals surface area contributed by atoms with Crippen molar-refractivity contribution in [3.63, 3.8) is 0 Å². The third kappa shape index (κ3) is 3.65. The minimum Gasteiger partial charge on any atom is -0.403 e. The second-order valence-corrected chi connectivity index (χ2v) is 7.58. The number of fused-ring (bicyclic) bond motifs is 1. The molecule has 2 aromatic heterocycles. The average molecular weight is 428 g/mol. The van der Waals surface area contributed by atoms with Crippen LogP contribution in [0.4, 0.5) is 20.7 Å². The van der Waals surface area contributed by atoms with Crippen molar-refractivity contribution >= 4 is 17.9 Å². The van der Waals surface area contributed by atoms with Crippen LogP contribution in [0.3, 0.4) is 0 Å². The highest BCUT2D eigenvalue weighted by molar-refractivity contribution is 5.80. The topological polar surface area (TPSA) is 135 Å². The lowest BCUT2D eigenvalue weighted by atomic mass is 10.0. The van der Waals surface area contributed by atoms with E-state index in [1.54, 1.807) is 17.3 Å². The third-order valence-corrected chi connectivity index (χ3v) is 5.49. The van der Waals surface area contributed by atoms with E-state index in [9.17, 15) is 13.6 Å². The first-order chi connectivity index (χ1) is 15.0. The van der Waals surface area contributed by atoms with Gasteiger partial charge in [-0.15, -0.1) is 5.10 Å². The van der Waals surface area contributed by atoms with Gasteiger partial charge in [-0.3, -0.25) is 10.2 Å². The molecule has 1 fully saturated rings. The Morgan fingerprint density at radius 3 is 2.35 bits per heavy atom. The summed E-state index contributed by atoms with van der Waals surface area (Å²) in [6, 6.07) is 2.74. The summed E-state index contributed by atoms with van der Waals surface area (Å²) in [7, 11) is 0. The Bertz CT molecular complexity index is 1100. The van der Waals surface area contributed by atoms with Gasteiger partial charge in [0.2, 0.25) is 11.9 Å². The van der Waals surface area contributed by atoms with Crippen molar-refractivity contribution in [3.05, 3.63) is 47.3 Å². The summed E-state index contributed by atoms with van der Waals surface area (Å²) in [5.74, 6) is 3.66. The van der Waals surface area contributed by atoms with Crippen molar-refractivity contribution in [2.45, 2.75) is 18.9 Å². The number of hydrazine groups is 1. The molecule has 31 heavy (non-hydrogen) atoms. The molecule has 2 aliphatic rings. The zero-order valence-corrected chi connectivity index (χ0v) is 16.2. The number of carbonyl (C=O) groups is 1. The third-order valence-electron chi connectivity index (χ3n) is 5.49. The largest absolute Gasteiger partial charge is 0.403 e. The van der Waals surface area contributed by atoms with Gasteiger partial charge in [-0.1, -0.05) is 5.10 Å². The molecule has 10 nitrogen and oxygen atoms in total.